The van der Waals surface area contributed by atoms with Crippen LogP contribution in [0.1, 0.15) is 59.8 Å². The summed E-state index contributed by atoms with van der Waals surface area (Å²) in [6, 6.07) is 14.9. The molecule has 2 aromatic carbocycles. The van der Waals surface area contributed by atoms with Gasteiger partial charge in [-0.1, -0.05) is 30.3 Å². The van der Waals surface area contributed by atoms with Gasteiger partial charge >= 0.3 is 0 Å². The van der Waals surface area contributed by atoms with Crippen molar-refractivity contribution in [3.8, 4) is 0 Å². The largest absolute Gasteiger partial charge is 0.475 e. The standard InChI is InChI=1S/C29H32N6O4/c1-28(2)22-14-19(8-9-20(22)25(37)34-28)31-27-30-15-21(26-35-29(17-39-26)10-12-38-13-11-29)24(33-27)32-23(16-36)18-6-4-3-5-7-18/h3-9,14-15,23,36H,10-13,16-17H2,1-2H3,(H,34,37)(H2,30,31,32,33)/t23-/m1/s1. The fraction of sp³-hybridized carbons (Fsp3) is 0.379. The van der Waals surface area contributed by atoms with Gasteiger partial charge in [-0.25, -0.2) is 9.98 Å². The van der Waals surface area contributed by atoms with Crippen LogP contribution < -0.4 is 16.0 Å². The number of aromatic nitrogens is 2. The number of carbonyl (C=O) groups excluding carboxylic acids is 1. The highest BCUT2D eigenvalue weighted by atomic mass is 16.5. The minimum Gasteiger partial charge on any atom is -0.475 e. The number of nitrogens with one attached hydrogen (secondary N) is 3. The SMILES string of the molecule is CC1(C)NC(=O)c2ccc(Nc3ncc(C4=NC5(CCOCC5)CO4)c(N[C@H](CO)c4ccccc4)n3)cc21. The van der Waals surface area contributed by atoms with Crippen molar-refractivity contribution in [1.29, 1.82) is 0 Å². The number of rotatable bonds is 7. The molecule has 1 spiro atoms. The number of hydrogen-bond acceptors (Lipinski definition) is 9. The Kier molecular flexibility index (Phi) is 6.44. The van der Waals surface area contributed by atoms with Gasteiger partial charge in [-0.2, -0.15) is 4.98 Å². The van der Waals surface area contributed by atoms with Crippen molar-refractivity contribution in [2.45, 2.75) is 43.8 Å². The molecule has 1 amide bonds. The Labute approximate surface area is 226 Å². The highest BCUT2D eigenvalue weighted by Gasteiger charge is 2.39. The normalized spacial score (nSPS) is 19.6. The predicted octanol–water partition coefficient (Wildman–Crippen LogP) is 3.67. The van der Waals surface area contributed by atoms with Crippen LogP contribution in [0.2, 0.25) is 0 Å². The van der Waals surface area contributed by atoms with Crippen LogP contribution >= 0.6 is 0 Å². The molecule has 4 N–H and O–H groups in total. The molecule has 1 fully saturated rings. The number of amides is 1. The Morgan fingerprint density at radius 3 is 2.67 bits per heavy atom. The van der Waals surface area contributed by atoms with Crippen LogP contribution in [-0.4, -0.2) is 58.8 Å². The first kappa shape index (κ1) is 25.3. The average Bonchev–Trinajstić information content (AvgIpc) is 3.44. The van der Waals surface area contributed by atoms with E-state index >= 15 is 0 Å². The zero-order chi connectivity index (χ0) is 27.0. The first-order valence-corrected chi connectivity index (χ1v) is 13.2. The quantitative estimate of drug-likeness (QED) is 0.366. The molecule has 0 aliphatic carbocycles. The van der Waals surface area contributed by atoms with E-state index in [1.165, 1.54) is 0 Å². The summed E-state index contributed by atoms with van der Waals surface area (Å²) in [5.74, 6) is 1.26. The summed E-state index contributed by atoms with van der Waals surface area (Å²) in [5.41, 5.74) is 3.12. The summed E-state index contributed by atoms with van der Waals surface area (Å²) < 4.78 is 11.6. The lowest BCUT2D eigenvalue weighted by molar-refractivity contribution is 0.0442. The van der Waals surface area contributed by atoms with Crippen molar-refractivity contribution in [2.24, 2.45) is 4.99 Å². The molecule has 0 bridgehead atoms. The molecule has 4 heterocycles. The van der Waals surface area contributed by atoms with Gasteiger partial charge in [-0.3, -0.25) is 4.79 Å². The Morgan fingerprint density at radius 2 is 1.90 bits per heavy atom. The number of fused-ring (bicyclic) bond motifs is 1. The molecule has 0 unspecified atom stereocenters. The van der Waals surface area contributed by atoms with Gasteiger partial charge in [0.1, 0.15) is 18.0 Å². The lowest BCUT2D eigenvalue weighted by Gasteiger charge is -2.28. The zero-order valence-electron chi connectivity index (χ0n) is 22.0. The van der Waals surface area contributed by atoms with E-state index in [0.717, 1.165) is 29.7 Å². The first-order chi connectivity index (χ1) is 18.9. The van der Waals surface area contributed by atoms with Crippen LogP contribution in [0.3, 0.4) is 0 Å². The second-order valence-electron chi connectivity index (χ2n) is 10.8. The van der Waals surface area contributed by atoms with Crippen LogP contribution in [0.25, 0.3) is 0 Å². The number of hydrogen-bond donors (Lipinski definition) is 4. The van der Waals surface area contributed by atoms with E-state index in [1.54, 1.807) is 12.3 Å². The number of carbonyl (C=O) groups is 1. The van der Waals surface area contributed by atoms with Crippen molar-refractivity contribution in [3.63, 3.8) is 0 Å². The molecule has 6 rings (SSSR count). The molecular formula is C29H32N6O4. The Hall–Kier alpha value is -4.02. The van der Waals surface area contributed by atoms with Gasteiger partial charge in [0.05, 0.1) is 23.8 Å². The summed E-state index contributed by atoms with van der Waals surface area (Å²) in [6.45, 7) is 5.62. The van der Waals surface area contributed by atoms with Crippen LogP contribution in [0.5, 0.6) is 0 Å². The van der Waals surface area contributed by atoms with E-state index in [2.05, 4.69) is 20.9 Å². The molecule has 3 aromatic rings. The van der Waals surface area contributed by atoms with Crippen LogP contribution in [0, 0.1) is 0 Å². The fourth-order valence-corrected chi connectivity index (χ4v) is 5.31. The van der Waals surface area contributed by atoms with Gasteiger partial charge in [-0.05, 0) is 56.0 Å². The van der Waals surface area contributed by atoms with Crippen molar-refractivity contribution >= 4 is 29.3 Å². The molecule has 202 valence electrons. The third kappa shape index (κ3) is 4.93. The third-order valence-electron chi connectivity index (χ3n) is 7.57. The topological polar surface area (TPSA) is 130 Å². The Balaban J connectivity index is 1.34. The summed E-state index contributed by atoms with van der Waals surface area (Å²) in [6.07, 6.45) is 3.29. The number of ether oxygens (including phenoxy) is 2. The van der Waals surface area contributed by atoms with Crippen LogP contribution in [0.4, 0.5) is 17.5 Å². The summed E-state index contributed by atoms with van der Waals surface area (Å²) in [7, 11) is 0. The van der Waals surface area contributed by atoms with E-state index < -0.39 is 11.6 Å². The van der Waals surface area contributed by atoms with E-state index in [-0.39, 0.29) is 18.1 Å². The Morgan fingerprint density at radius 1 is 1.10 bits per heavy atom. The lowest BCUT2D eigenvalue weighted by atomic mass is 9.92. The number of aliphatic hydroxyl groups is 1. The Bertz CT molecular complexity index is 1420. The highest BCUT2D eigenvalue weighted by Crippen LogP contribution is 2.35. The maximum atomic E-state index is 12.3. The van der Waals surface area contributed by atoms with Gasteiger partial charge < -0.3 is 30.5 Å². The molecule has 0 radical (unpaired) electrons. The summed E-state index contributed by atoms with van der Waals surface area (Å²) in [4.78, 5) is 26.6. The molecule has 10 heteroatoms. The van der Waals surface area contributed by atoms with E-state index in [4.69, 9.17) is 19.5 Å². The third-order valence-corrected chi connectivity index (χ3v) is 7.57. The zero-order valence-corrected chi connectivity index (χ0v) is 22.0. The van der Waals surface area contributed by atoms with E-state index in [0.29, 0.717) is 48.6 Å². The number of anilines is 3. The van der Waals surface area contributed by atoms with Crippen molar-refractivity contribution in [2.75, 3.05) is 37.1 Å². The van der Waals surface area contributed by atoms with Crippen molar-refractivity contribution in [1.82, 2.24) is 15.3 Å². The molecule has 1 aromatic heterocycles. The van der Waals surface area contributed by atoms with Gasteiger partial charge in [0.2, 0.25) is 11.8 Å². The smallest absolute Gasteiger partial charge is 0.252 e. The number of nitrogens with zero attached hydrogens (tertiary/aromatic N) is 3. The molecule has 10 nitrogen and oxygen atoms in total. The molecule has 39 heavy (non-hydrogen) atoms. The molecule has 3 aliphatic rings. The predicted molar refractivity (Wildman–Crippen MR) is 147 cm³/mol. The molecule has 1 atom stereocenters. The lowest BCUT2D eigenvalue weighted by Crippen LogP contribution is -2.35. The van der Waals surface area contributed by atoms with Crippen molar-refractivity contribution < 1.29 is 19.4 Å². The van der Waals surface area contributed by atoms with E-state index in [9.17, 15) is 9.90 Å². The van der Waals surface area contributed by atoms with Crippen LogP contribution in [-0.2, 0) is 15.0 Å². The minimum absolute atomic E-state index is 0.0794. The van der Waals surface area contributed by atoms with Gasteiger partial charge in [0.25, 0.3) is 5.91 Å². The fourth-order valence-electron chi connectivity index (χ4n) is 5.31. The molecule has 1 saturated heterocycles. The number of benzene rings is 2. The summed E-state index contributed by atoms with van der Waals surface area (Å²) >= 11 is 0. The minimum atomic E-state index is -0.469. The monoisotopic (exact) mass is 528 g/mol. The maximum absolute atomic E-state index is 12.3. The van der Waals surface area contributed by atoms with Crippen molar-refractivity contribution in [3.05, 3.63) is 77.0 Å². The average molecular weight is 529 g/mol. The van der Waals surface area contributed by atoms with Crippen LogP contribution in [0.15, 0.2) is 59.7 Å². The highest BCUT2D eigenvalue weighted by molar-refractivity contribution is 6.01. The van der Waals surface area contributed by atoms with Gasteiger partial charge in [0.15, 0.2) is 0 Å². The molecule has 0 saturated carbocycles. The van der Waals surface area contributed by atoms with Gasteiger partial charge in [-0.15, -0.1) is 0 Å². The summed E-state index contributed by atoms with van der Waals surface area (Å²) in [5, 5.41) is 19.9. The molecular weight excluding hydrogens is 496 g/mol. The number of aliphatic imine (C=N–C) groups is 1. The second-order valence-corrected chi connectivity index (χ2v) is 10.8. The number of aliphatic hydroxyl groups excluding tert-OH is 1. The molecule has 3 aliphatic heterocycles. The van der Waals surface area contributed by atoms with Gasteiger partial charge in [0, 0.05) is 30.7 Å². The first-order valence-electron chi connectivity index (χ1n) is 13.2. The second kappa shape index (κ2) is 9.94. The maximum Gasteiger partial charge on any atom is 0.252 e. The van der Waals surface area contributed by atoms with E-state index in [1.807, 2.05) is 56.3 Å².